The molecular formula is C9H6BrNO2. The summed E-state index contributed by atoms with van der Waals surface area (Å²) in [6, 6.07) is 5.23. The fourth-order valence-corrected chi connectivity index (χ4v) is 1.51. The molecular weight excluding hydrogens is 234 g/mol. The predicted octanol–water partition coefficient (Wildman–Crippen LogP) is 2.79. The van der Waals surface area contributed by atoms with E-state index in [1.807, 2.05) is 0 Å². The minimum Gasteiger partial charge on any atom is -0.355 e. The number of ketones is 1. The second kappa shape index (κ2) is 2.96. The van der Waals surface area contributed by atoms with E-state index in [2.05, 4.69) is 21.1 Å². The number of halogens is 1. The third-order valence-electron chi connectivity index (χ3n) is 1.83. The predicted molar refractivity (Wildman–Crippen MR) is 51.7 cm³/mol. The van der Waals surface area contributed by atoms with E-state index < -0.39 is 0 Å². The topological polar surface area (TPSA) is 43.1 Å². The summed E-state index contributed by atoms with van der Waals surface area (Å²) < 4.78 is 5.61. The van der Waals surface area contributed by atoms with Crippen molar-refractivity contribution in [1.29, 1.82) is 0 Å². The Morgan fingerprint density at radius 2 is 2.31 bits per heavy atom. The third-order valence-corrected chi connectivity index (χ3v) is 2.40. The molecule has 13 heavy (non-hydrogen) atoms. The fraction of sp³-hybridized carbons (Fsp3) is 0.111. The summed E-state index contributed by atoms with van der Waals surface area (Å²) in [6.07, 6.45) is 0. The molecule has 0 saturated carbocycles. The van der Waals surface area contributed by atoms with Crippen LogP contribution in [0, 0.1) is 0 Å². The number of Topliss-reactive ketones (excluding diaryl/α,β-unsaturated/α-hetero) is 1. The van der Waals surface area contributed by atoms with Crippen LogP contribution in [0.4, 0.5) is 0 Å². The molecule has 0 amide bonds. The van der Waals surface area contributed by atoms with Crippen LogP contribution in [0.2, 0.25) is 0 Å². The molecule has 0 spiro atoms. The van der Waals surface area contributed by atoms with Crippen molar-refractivity contribution in [1.82, 2.24) is 5.16 Å². The van der Waals surface area contributed by atoms with Gasteiger partial charge in [-0.15, -0.1) is 0 Å². The van der Waals surface area contributed by atoms with Gasteiger partial charge in [-0.1, -0.05) is 5.16 Å². The van der Waals surface area contributed by atoms with Gasteiger partial charge in [-0.2, -0.15) is 0 Å². The number of carbonyl (C=O) groups is 1. The molecule has 1 aromatic carbocycles. The van der Waals surface area contributed by atoms with Crippen LogP contribution in [0.25, 0.3) is 11.0 Å². The van der Waals surface area contributed by atoms with Crippen molar-refractivity contribution in [3.63, 3.8) is 0 Å². The van der Waals surface area contributed by atoms with Crippen LogP contribution in [0.1, 0.15) is 17.3 Å². The SMILES string of the molecule is CC(=O)c1ccc2onc(Br)c2c1. The monoisotopic (exact) mass is 239 g/mol. The molecule has 3 nitrogen and oxygen atoms in total. The number of hydrogen-bond donors (Lipinski definition) is 0. The summed E-state index contributed by atoms with van der Waals surface area (Å²) >= 11 is 3.23. The number of benzene rings is 1. The first-order chi connectivity index (χ1) is 6.18. The van der Waals surface area contributed by atoms with Gasteiger partial charge < -0.3 is 4.52 Å². The Kier molecular flexibility index (Phi) is 1.92. The maximum atomic E-state index is 11.1. The quantitative estimate of drug-likeness (QED) is 0.719. The first-order valence-corrected chi connectivity index (χ1v) is 4.53. The van der Waals surface area contributed by atoms with Crippen LogP contribution in [0.15, 0.2) is 27.3 Å². The Balaban J connectivity index is 2.72. The van der Waals surface area contributed by atoms with Crippen LogP contribution in [0.5, 0.6) is 0 Å². The van der Waals surface area contributed by atoms with Gasteiger partial charge in [-0.3, -0.25) is 4.79 Å². The van der Waals surface area contributed by atoms with E-state index in [-0.39, 0.29) is 5.78 Å². The highest BCUT2D eigenvalue weighted by molar-refractivity contribution is 9.10. The van der Waals surface area contributed by atoms with Gasteiger partial charge in [0, 0.05) is 5.56 Å². The zero-order valence-corrected chi connectivity index (χ0v) is 8.46. The Labute approximate surface area is 82.8 Å². The number of hydrogen-bond acceptors (Lipinski definition) is 3. The highest BCUT2D eigenvalue weighted by atomic mass is 79.9. The van der Waals surface area contributed by atoms with Crippen LogP contribution >= 0.6 is 15.9 Å². The van der Waals surface area contributed by atoms with Gasteiger partial charge in [0.05, 0.1) is 5.39 Å². The van der Waals surface area contributed by atoms with Crippen molar-refractivity contribution in [2.45, 2.75) is 6.92 Å². The number of fused-ring (bicyclic) bond motifs is 1. The number of carbonyl (C=O) groups excluding carboxylic acids is 1. The molecule has 1 aromatic heterocycles. The second-order valence-corrected chi connectivity index (χ2v) is 3.49. The molecule has 0 atom stereocenters. The molecule has 0 saturated heterocycles. The van der Waals surface area contributed by atoms with E-state index in [1.165, 1.54) is 6.92 Å². The number of rotatable bonds is 1. The number of aromatic nitrogens is 1. The maximum Gasteiger partial charge on any atom is 0.168 e. The van der Waals surface area contributed by atoms with Gasteiger partial charge >= 0.3 is 0 Å². The van der Waals surface area contributed by atoms with E-state index in [4.69, 9.17) is 4.52 Å². The summed E-state index contributed by atoms with van der Waals surface area (Å²) in [5.41, 5.74) is 1.34. The van der Waals surface area contributed by atoms with Crippen LogP contribution in [-0.4, -0.2) is 10.9 Å². The third kappa shape index (κ3) is 1.37. The molecule has 66 valence electrons. The smallest absolute Gasteiger partial charge is 0.168 e. The Morgan fingerprint density at radius 1 is 1.54 bits per heavy atom. The summed E-state index contributed by atoms with van der Waals surface area (Å²) in [6.45, 7) is 1.53. The van der Waals surface area contributed by atoms with Crippen molar-refractivity contribution >= 4 is 32.7 Å². The molecule has 0 aliphatic heterocycles. The van der Waals surface area contributed by atoms with E-state index in [1.54, 1.807) is 18.2 Å². The Bertz CT molecular complexity index is 475. The van der Waals surface area contributed by atoms with Gasteiger partial charge in [0.25, 0.3) is 0 Å². The average Bonchev–Trinajstić information content (AvgIpc) is 2.47. The number of nitrogens with zero attached hydrogens (tertiary/aromatic N) is 1. The lowest BCUT2D eigenvalue weighted by Gasteiger charge is -1.93. The minimum atomic E-state index is 0.0370. The van der Waals surface area contributed by atoms with Gasteiger partial charge in [0.2, 0.25) is 0 Å². The fourth-order valence-electron chi connectivity index (χ4n) is 1.13. The second-order valence-electron chi connectivity index (χ2n) is 2.74. The molecule has 2 rings (SSSR count). The van der Waals surface area contributed by atoms with Crippen LogP contribution in [-0.2, 0) is 0 Å². The molecule has 0 aliphatic rings. The zero-order chi connectivity index (χ0) is 9.42. The van der Waals surface area contributed by atoms with Crippen LogP contribution in [0.3, 0.4) is 0 Å². The first kappa shape index (κ1) is 8.44. The molecule has 0 unspecified atom stereocenters. The molecule has 0 radical (unpaired) electrons. The summed E-state index contributed by atoms with van der Waals surface area (Å²) in [5.74, 6) is 0.0370. The van der Waals surface area contributed by atoms with Crippen molar-refractivity contribution < 1.29 is 9.32 Å². The molecule has 2 aromatic rings. The highest BCUT2D eigenvalue weighted by Gasteiger charge is 2.07. The van der Waals surface area contributed by atoms with Crippen molar-refractivity contribution in [3.8, 4) is 0 Å². The molecule has 0 fully saturated rings. The zero-order valence-electron chi connectivity index (χ0n) is 6.87. The summed E-state index contributed by atoms with van der Waals surface area (Å²) in [5, 5.41) is 4.55. The van der Waals surface area contributed by atoms with Gasteiger partial charge in [0.1, 0.15) is 0 Å². The maximum absolute atomic E-state index is 11.1. The lowest BCUT2D eigenvalue weighted by Crippen LogP contribution is -1.89. The van der Waals surface area contributed by atoms with Gasteiger partial charge in [-0.25, -0.2) is 0 Å². The van der Waals surface area contributed by atoms with E-state index >= 15 is 0 Å². The molecule has 0 N–H and O–H groups in total. The lowest BCUT2D eigenvalue weighted by atomic mass is 10.1. The highest BCUT2D eigenvalue weighted by Crippen LogP contribution is 2.24. The largest absolute Gasteiger partial charge is 0.355 e. The molecule has 4 heteroatoms. The first-order valence-electron chi connectivity index (χ1n) is 3.74. The molecule has 1 heterocycles. The molecule has 0 bridgehead atoms. The average molecular weight is 240 g/mol. The van der Waals surface area contributed by atoms with Crippen LogP contribution < -0.4 is 0 Å². The van der Waals surface area contributed by atoms with Crippen molar-refractivity contribution in [2.75, 3.05) is 0 Å². The van der Waals surface area contributed by atoms with E-state index in [0.29, 0.717) is 15.7 Å². The molecule has 0 aliphatic carbocycles. The normalized spacial score (nSPS) is 10.6. The van der Waals surface area contributed by atoms with E-state index in [0.717, 1.165) is 5.39 Å². The van der Waals surface area contributed by atoms with Gasteiger partial charge in [0.15, 0.2) is 16.0 Å². The van der Waals surface area contributed by atoms with E-state index in [9.17, 15) is 4.79 Å². The lowest BCUT2D eigenvalue weighted by molar-refractivity contribution is 0.101. The standard InChI is InChI=1S/C9H6BrNO2/c1-5(12)6-2-3-8-7(4-6)9(10)11-13-8/h2-4H,1H3. The minimum absolute atomic E-state index is 0.0370. The van der Waals surface area contributed by atoms with Gasteiger partial charge in [-0.05, 0) is 41.1 Å². The Morgan fingerprint density at radius 3 is 3.00 bits per heavy atom. The Hall–Kier alpha value is -1.16. The van der Waals surface area contributed by atoms with Crippen molar-refractivity contribution in [2.24, 2.45) is 0 Å². The summed E-state index contributed by atoms with van der Waals surface area (Å²) in [7, 11) is 0. The van der Waals surface area contributed by atoms with Crippen molar-refractivity contribution in [3.05, 3.63) is 28.4 Å². The summed E-state index contributed by atoms with van der Waals surface area (Å²) in [4.78, 5) is 11.1.